The molecule has 2 atom stereocenters. The van der Waals surface area contributed by atoms with Crippen LogP contribution < -0.4 is 0 Å². The molecular weight excluding hydrogens is 298 g/mol. The number of nitrogens with zero attached hydrogens (tertiary/aromatic N) is 1. The number of thioether (sulfide) groups is 1. The highest BCUT2D eigenvalue weighted by atomic mass is 32.2. The fourth-order valence-corrected chi connectivity index (χ4v) is 4.55. The maximum absolute atomic E-state index is 12.3. The van der Waals surface area contributed by atoms with E-state index in [0.29, 0.717) is 49.0 Å². The summed E-state index contributed by atoms with van der Waals surface area (Å²) in [4.78, 5) is 17.2. The van der Waals surface area contributed by atoms with Gasteiger partial charge in [0, 0.05) is 24.6 Å². The van der Waals surface area contributed by atoms with Gasteiger partial charge in [-0.25, -0.2) is 0 Å². The lowest BCUT2D eigenvalue weighted by molar-refractivity contribution is -0.118. The second-order valence-corrected chi connectivity index (χ2v) is 7.24. The number of carbonyl (C=O) groups is 1. The highest BCUT2D eigenvalue weighted by Crippen LogP contribution is 2.38. The van der Waals surface area contributed by atoms with Gasteiger partial charge in [0.2, 0.25) is 0 Å². The minimum absolute atomic E-state index is 0.158. The predicted molar refractivity (Wildman–Crippen MR) is 91.4 cm³/mol. The fraction of sp³-hybridized carbons (Fsp3) is 0.765. The molecule has 0 aromatic carbocycles. The van der Waals surface area contributed by atoms with Crippen LogP contribution >= 0.6 is 11.8 Å². The fourth-order valence-electron chi connectivity index (χ4n) is 3.27. The van der Waals surface area contributed by atoms with Gasteiger partial charge in [0.1, 0.15) is 6.61 Å². The molecule has 0 saturated carbocycles. The van der Waals surface area contributed by atoms with E-state index in [1.54, 1.807) is 6.21 Å². The summed E-state index contributed by atoms with van der Waals surface area (Å²) < 4.78 is 0. The third kappa shape index (κ3) is 5.04. The number of Topliss-reactive ketones (excluding diaryl/α,β-unsaturated/α-hetero) is 1. The summed E-state index contributed by atoms with van der Waals surface area (Å²) in [7, 11) is 0. The molecule has 0 bridgehead atoms. The molecule has 2 aliphatic rings. The third-order valence-corrected chi connectivity index (χ3v) is 5.73. The highest BCUT2D eigenvalue weighted by molar-refractivity contribution is 7.99. The van der Waals surface area contributed by atoms with Crippen LogP contribution in [-0.4, -0.2) is 35.2 Å². The van der Waals surface area contributed by atoms with Crippen molar-refractivity contribution in [2.75, 3.05) is 18.1 Å². The minimum atomic E-state index is 0.158. The molecule has 0 aromatic rings. The lowest BCUT2D eigenvalue weighted by Gasteiger charge is -2.32. The summed E-state index contributed by atoms with van der Waals surface area (Å²) in [5.41, 5.74) is 0.657. The molecule has 4 nitrogen and oxygen atoms in total. The van der Waals surface area contributed by atoms with Gasteiger partial charge in [0.15, 0.2) is 5.78 Å². The van der Waals surface area contributed by atoms with E-state index >= 15 is 0 Å². The number of aliphatic hydroxyl groups excluding tert-OH is 1. The van der Waals surface area contributed by atoms with E-state index in [-0.39, 0.29) is 5.78 Å². The van der Waals surface area contributed by atoms with E-state index in [9.17, 15) is 9.90 Å². The Morgan fingerprint density at radius 2 is 2.27 bits per heavy atom. The van der Waals surface area contributed by atoms with Crippen LogP contribution in [-0.2, 0) is 9.63 Å². The highest BCUT2D eigenvalue weighted by Gasteiger charge is 2.32. The molecule has 5 heteroatoms. The Kier molecular flexibility index (Phi) is 7.30. The first-order valence-electron chi connectivity index (χ1n) is 8.38. The van der Waals surface area contributed by atoms with Crippen LogP contribution in [0, 0.1) is 11.8 Å². The molecule has 1 N–H and O–H groups in total. The molecule has 1 aliphatic carbocycles. The Labute approximate surface area is 137 Å². The number of oxime groups is 1. The first-order chi connectivity index (χ1) is 10.7. The Hall–Kier alpha value is -0.970. The van der Waals surface area contributed by atoms with Crippen molar-refractivity contribution in [2.24, 2.45) is 17.0 Å². The van der Waals surface area contributed by atoms with Crippen LogP contribution in [0.5, 0.6) is 0 Å². The first kappa shape index (κ1) is 17.4. The molecule has 1 aliphatic heterocycles. The zero-order valence-electron chi connectivity index (χ0n) is 13.4. The molecule has 0 aromatic heterocycles. The van der Waals surface area contributed by atoms with Crippen molar-refractivity contribution in [3.8, 4) is 0 Å². The molecule has 0 spiro atoms. The van der Waals surface area contributed by atoms with E-state index in [2.05, 4.69) is 5.16 Å². The lowest BCUT2D eigenvalue weighted by atomic mass is 9.77. The molecular formula is C17H27NO3S. The number of allylic oxidation sites excluding steroid dienone is 2. The van der Waals surface area contributed by atoms with Gasteiger partial charge in [-0.3, -0.25) is 4.79 Å². The lowest BCUT2D eigenvalue weighted by Crippen LogP contribution is -2.28. The summed E-state index contributed by atoms with van der Waals surface area (Å²) in [6.45, 7) is 2.46. The quantitative estimate of drug-likeness (QED) is 0.435. The van der Waals surface area contributed by atoms with Crippen LogP contribution in [0.4, 0.5) is 0 Å². The standard InChI is InChI=1S/C17H27NO3S/c1-2-21-18-8-4-3-7-15-16(19)10-14(11-17(15)20)13-6-5-9-22-12-13/h8,13-14,19H,2-7,9-12H2,1H3. The average Bonchev–Trinajstić information content (AvgIpc) is 2.53. The van der Waals surface area contributed by atoms with Crippen LogP contribution in [0.3, 0.4) is 0 Å². The third-order valence-electron chi connectivity index (χ3n) is 4.49. The first-order valence-corrected chi connectivity index (χ1v) is 9.53. The van der Waals surface area contributed by atoms with E-state index in [1.165, 1.54) is 18.6 Å². The van der Waals surface area contributed by atoms with Crippen LogP contribution in [0.1, 0.15) is 51.9 Å². The molecule has 22 heavy (non-hydrogen) atoms. The summed E-state index contributed by atoms with van der Waals surface area (Å²) in [5.74, 6) is 3.85. The predicted octanol–water partition coefficient (Wildman–Crippen LogP) is 4.11. The van der Waals surface area contributed by atoms with Gasteiger partial charge in [0.05, 0.1) is 5.76 Å². The van der Waals surface area contributed by atoms with Crippen molar-refractivity contribution < 1.29 is 14.7 Å². The Morgan fingerprint density at radius 1 is 1.41 bits per heavy atom. The van der Waals surface area contributed by atoms with E-state index in [4.69, 9.17) is 4.84 Å². The minimum Gasteiger partial charge on any atom is -0.512 e. The van der Waals surface area contributed by atoms with Gasteiger partial charge < -0.3 is 9.94 Å². The van der Waals surface area contributed by atoms with Gasteiger partial charge in [-0.05, 0) is 62.4 Å². The number of hydrogen-bond donors (Lipinski definition) is 1. The SMILES string of the molecule is CCON=CCCCC1=C(O)CC(C2CCCSC2)CC1=O. The summed E-state index contributed by atoms with van der Waals surface area (Å²) >= 11 is 1.99. The molecule has 1 saturated heterocycles. The van der Waals surface area contributed by atoms with E-state index in [0.717, 1.165) is 18.6 Å². The van der Waals surface area contributed by atoms with Crippen molar-refractivity contribution in [1.82, 2.24) is 0 Å². The van der Waals surface area contributed by atoms with Gasteiger partial charge in [0.25, 0.3) is 0 Å². The molecule has 2 unspecified atom stereocenters. The summed E-state index contributed by atoms with van der Waals surface area (Å²) in [5, 5.41) is 14.1. The number of aliphatic hydroxyl groups is 1. The van der Waals surface area contributed by atoms with Crippen molar-refractivity contribution in [1.29, 1.82) is 0 Å². The molecule has 1 heterocycles. The van der Waals surface area contributed by atoms with Crippen molar-refractivity contribution >= 4 is 23.8 Å². The van der Waals surface area contributed by atoms with Crippen molar-refractivity contribution in [3.63, 3.8) is 0 Å². The average molecular weight is 325 g/mol. The Bertz CT molecular complexity index is 428. The monoisotopic (exact) mass is 325 g/mol. The maximum atomic E-state index is 12.3. The van der Waals surface area contributed by atoms with Gasteiger partial charge in [-0.1, -0.05) is 5.16 Å². The number of rotatable bonds is 7. The molecule has 0 amide bonds. The molecule has 0 radical (unpaired) electrons. The summed E-state index contributed by atoms with van der Waals surface area (Å²) in [6, 6.07) is 0. The smallest absolute Gasteiger partial charge is 0.162 e. The molecule has 124 valence electrons. The number of hydrogen-bond acceptors (Lipinski definition) is 5. The van der Waals surface area contributed by atoms with E-state index in [1.807, 2.05) is 18.7 Å². The number of unbranched alkanes of at least 4 members (excludes halogenated alkanes) is 1. The Balaban J connectivity index is 1.82. The van der Waals surface area contributed by atoms with Crippen LogP contribution in [0.2, 0.25) is 0 Å². The zero-order valence-corrected chi connectivity index (χ0v) is 14.2. The zero-order chi connectivity index (χ0) is 15.8. The topological polar surface area (TPSA) is 58.9 Å². The van der Waals surface area contributed by atoms with Gasteiger partial charge >= 0.3 is 0 Å². The van der Waals surface area contributed by atoms with Crippen molar-refractivity contribution in [2.45, 2.75) is 51.9 Å². The van der Waals surface area contributed by atoms with Gasteiger partial charge in [-0.15, -0.1) is 0 Å². The number of ketones is 1. The van der Waals surface area contributed by atoms with Crippen LogP contribution in [0.15, 0.2) is 16.5 Å². The van der Waals surface area contributed by atoms with Crippen molar-refractivity contribution in [3.05, 3.63) is 11.3 Å². The summed E-state index contributed by atoms with van der Waals surface area (Å²) in [6.07, 6.45) is 7.75. The Morgan fingerprint density at radius 3 is 2.95 bits per heavy atom. The van der Waals surface area contributed by atoms with E-state index < -0.39 is 0 Å². The maximum Gasteiger partial charge on any atom is 0.162 e. The van der Waals surface area contributed by atoms with Crippen LogP contribution in [0.25, 0.3) is 0 Å². The second-order valence-electron chi connectivity index (χ2n) is 6.09. The molecule has 2 rings (SSSR count). The molecule has 1 fully saturated rings. The largest absolute Gasteiger partial charge is 0.512 e. The second kappa shape index (κ2) is 9.23. The van der Waals surface area contributed by atoms with Gasteiger partial charge in [-0.2, -0.15) is 11.8 Å². The number of carbonyl (C=O) groups excluding carboxylic acids is 1. The normalized spacial score (nSPS) is 26.7.